The average Bonchev–Trinajstić information content (AvgIpc) is 2.65. The molecule has 0 nitrogen and oxygen atoms in total. The van der Waals surface area contributed by atoms with Gasteiger partial charge in [0.25, 0.3) is 0 Å². The van der Waals surface area contributed by atoms with Crippen molar-refractivity contribution in [3.8, 4) is 0 Å². The highest BCUT2D eigenvalue weighted by Crippen LogP contribution is 2.41. The summed E-state index contributed by atoms with van der Waals surface area (Å²) in [6.45, 7) is 18.5. The van der Waals surface area contributed by atoms with Crippen LogP contribution in [0.1, 0.15) is 70.7 Å². The highest BCUT2D eigenvalue weighted by atomic mass is 14.3. The Labute approximate surface area is 145 Å². The number of hydrogen-bond acceptors (Lipinski definition) is 0. The van der Waals surface area contributed by atoms with E-state index in [2.05, 4.69) is 61.5 Å². The first-order valence-electron chi connectivity index (χ1n) is 9.28. The summed E-state index contributed by atoms with van der Waals surface area (Å²) in [4.78, 5) is 0. The summed E-state index contributed by atoms with van der Waals surface area (Å²) in [7, 11) is 0. The number of allylic oxidation sites excluding steroid dienone is 2. The fourth-order valence-corrected chi connectivity index (χ4v) is 5.16. The fourth-order valence-electron chi connectivity index (χ4n) is 5.16. The predicted octanol–water partition coefficient (Wildman–Crippen LogP) is 6.33. The fraction of sp³-hybridized carbons (Fsp3) is 0.417. The molecule has 2 aromatic rings. The van der Waals surface area contributed by atoms with Crippen molar-refractivity contribution < 1.29 is 0 Å². The Balaban J connectivity index is 2.44. The van der Waals surface area contributed by atoms with Crippen LogP contribution in [-0.4, -0.2) is 0 Å². The molecule has 24 heavy (non-hydrogen) atoms. The summed E-state index contributed by atoms with van der Waals surface area (Å²) in [6.07, 6.45) is 3.71. The van der Waals surface area contributed by atoms with Crippen LogP contribution in [0, 0.1) is 62.4 Å². The molecule has 0 aliphatic heterocycles. The first-order chi connectivity index (χ1) is 11.3. The van der Waals surface area contributed by atoms with E-state index in [1.165, 1.54) is 56.2 Å². The molecule has 124 valence electrons. The molecule has 0 aromatic heterocycles. The SMILES string of the molecule is CCC1C=C(C)c2c(C)c(C)c(C)c3c2=c2c1c(C)c(C)c(C)c2=3. The number of rotatable bonds is 1. The maximum atomic E-state index is 2.53. The van der Waals surface area contributed by atoms with E-state index in [0.717, 1.165) is 0 Å². The molecule has 0 heterocycles. The zero-order chi connectivity index (χ0) is 17.5. The van der Waals surface area contributed by atoms with Gasteiger partial charge in [0, 0.05) is 5.92 Å². The Hall–Kier alpha value is -1.82. The third-order valence-corrected chi connectivity index (χ3v) is 6.95. The summed E-state index contributed by atoms with van der Waals surface area (Å²) in [5.74, 6) is 0.540. The maximum absolute atomic E-state index is 2.53. The molecule has 2 aromatic carbocycles. The normalized spacial score (nSPS) is 17.2. The van der Waals surface area contributed by atoms with Crippen molar-refractivity contribution in [1.29, 1.82) is 0 Å². The maximum Gasteiger partial charge on any atom is 0.00303 e. The van der Waals surface area contributed by atoms with Gasteiger partial charge < -0.3 is 0 Å². The van der Waals surface area contributed by atoms with Gasteiger partial charge in [-0.05, 0) is 126 Å². The molecule has 0 radical (unpaired) electrons. The van der Waals surface area contributed by atoms with Gasteiger partial charge in [-0.25, -0.2) is 0 Å². The van der Waals surface area contributed by atoms with Crippen molar-refractivity contribution in [2.75, 3.05) is 0 Å². The van der Waals surface area contributed by atoms with Gasteiger partial charge in [-0.2, -0.15) is 0 Å². The van der Waals surface area contributed by atoms with Crippen LogP contribution in [0.25, 0.3) is 5.57 Å². The minimum atomic E-state index is 0.540. The van der Waals surface area contributed by atoms with E-state index in [4.69, 9.17) is 0 Å². The minimum Gasteiger partial charge on any atom is -0.0734 e. The van der Waals surface area contributed by atoms with Crippen molar-refractivity contribution in [1.82, 2.24) is 0 Å². The second-order valence-electron chi connectivity index (χ2n) is 7.90. The molecule has 0 heteroatoms. The Kier molecular flexibility index (Phi) is 3.17. The molecule has 0 bridgehead atoms. The topological polar surface area (TPSA) is 0 Å². The van der Waals surface area contributed by atoms with Crippen molar-refractivity contribution in [2.24, 2.45) is 0 Å². The molecule has 2 aliphatic carbocycles. The second kappa shape index (κ2) is 4.85. The Morgan fingerprint density at radius 2 is 1.17 bits per heavy atom. The minimum absolute atomic E-state index is 0.540. The van der Waals surface area contributed by atoms with Gasteiger partial charge >= 0.3 is 0 Å². The zero-order valence-electron chi connectivity index (χ0n) is 16.4. The summed E-state index contributed by atoms with van der Waals surface area (Å²) < 4.78 is 0. The van der Waals surface area contributed by atoms with E-state index >= 15 is 0 Å². The predicted molar refractivity (Wildman–Crippen MR) is 103 cm³/mol. The summed E-state index contributed by atoms with van der Waals surface area (Å²) in [5, 5.41) is 6.21. The van der Waals surface area contributed by atoms with Crippen molar-refractivity contribution in [3.05, 3.63) is 71.5 Å². The van der Waals surface area contributed by atoms with Crippen LogP contribution in [0.4, 0.5) is 0 Å². The molecule has 0 spiro atoms. The molecular weight excluding hydrogens is 288 g/mol. The number of hydrogen-bond donors (Lipinski definition) is 0. The lowest BCUT2D eigenvalue weighted by Crippen LogP contribution is -2.10. The third kappa shape index (κ3) is 1.60. The van der Waals surface area contributed by atoms with Gasteiger partial charge in [0.15, 0.2) is 0 Å². The smallest absolute Gasteiger partial charge is 0.00303 e. The average molecular weight is 316 g/mol. The van der Waals surface area contributed by atoms with Crippen LogP contribution in [-0.2, 0) is 0 Å². The lowest BCUT2D eigenvalue weighted by molar-refractivity contribution is 0.789. The third-order valence-electron chi connectivity index (χ3n) is 6.95. The molecule has 0 fully saturated rings. The van der Waals surface area contributed by atoms with Crippen LogP contribution in [0.15, 0.2) is 6.08 Å². The second-order valence-corrected chi connectivity index (χ2v) is 7.90. The molecule has 0 saturated heterocycles. The standard InChI is InChI=1S/C24H28/c1-9-18-10-11(2)19-14(5)12(3)16(7)21-22-17(8)13(4)15(6)20(18)24(22)23(19)21/h10,18H,9H2,1-8H3. The summed E-state index contributed by atoms with van der Waals surface area (Å²) in [6, 6.07) is 0. The lowest BCUT2D eigenvalue weighted by Gasteiger charge is -2.24. The van der Waals surface area contributed by atoms with Gasteiger partial charge in [-0.15, -0.1) is 0 Å². The Morgan fingerprint density at radius 3 is 1.75 bits per heavy atom. The van der Waals surface area contributed by atoms with Crippen LogP contribution in [0.2, 0.25) is 0 Å². The van der Waals surface area contributed by atoms with Crippen molar-refractivity contribution in [3.63, 3.8) is 0 Å². The molecule has 0 N–H and O–H groups in total. The number of benzene rings is 2. The monoisotopic (exact) mass is 316 g/mol. The van der Waals surface area contributed by atoms with E-state index < -0.39 is 0 Å². The Bertz CT molecular complexity index is 1140. The van der Waals surface area contributed by atoms with E-state index in [1.54, 1.807) is 21.2 Å². The van der Waals surface area contributed by atoms with Gasteiger partial charge in [0.2, 0.25) is 0 Å². The molecule has 1 atom stereocenters. The molecule has 1 unspecified atom stereocenters. The first kappa shape index (κ1) is 15.7. The zero-order valence-corrected chi connectivity index (χ0v) is 16.4. The van der Waals surface area contributed by atoms with Crippen LogP contribution in [0.3, 0.4) is 0 Å². The molecule has 0 saturated carbocycles. The largest absolute Gasteiger partial charge is 0.0734 e. The molecule has 0 amide bonds. The Morgan fingerprint density at radius 1 is 0.625 bits per heavy atom. The van der Waals surface area contributed by atoms with Gasteiger partial charge in [-0.3, -0.25) is 0 Å². The van der Waals surface area contributed by atoms with E-state index in [0.29, 0.717) is 5.92 Å². The molecule has 2 aliphatic rings. The van der Waals surface area contributed by atoms with E-state index in [-0.39, 0.29) is 0 Å². The lowest BCUT2D eigenvalue weighted by atomic mass is 9.80. The molecular formula is C24H28. The highest BCUT2D eigenvalue weighted by Gasteiger charge is 2.26. The van der Waals surface area contributed by atoms with Gasteiger partial charge in [-0.1, -0.05) is 13.0 Å². The van der Waals surface area contributed by atoms with Crippen molar-refractivity contribution >= 4 is 5.57 Å². The summed E-state index contributed by atoms with van der Waals surface area (Å²) in [5.41, 5.74) is 13.5. The van der Waals surface area contributed by atoms with E-state index in [9.17, 15) is 0 Å². The summed E-state index contributed by atoms with van der Waals surface area (Å²) >= 11 is 0. The van der Waals surface area contributed by atoms with Gasteiger partial charge in [0.1, 0.15) is 0 Å². The van der Waals surface area contributed by atoms with Crippen LogP contribution in [0.5, 0.6) is 0 Å². The highest BCUT2D eigenvalue weighted by molar-refractivity contribution is 5.73. The van der Waals surface area contributed by atoms with E-state index in [1.807, 2.05) is 0 Å². The van der Waals surface area contributed by atoms with Crippen LogP contribution < -0.4 is 0 Å². The van der Waals surface area contributed by atoms with Crippen LogP contribution >= 0.6 is 0 Å². The first-order valence-corrected chi connectivity index (χ1v) is 9.28. The van der Waals surface area contributed by atoms with Gasteiger partial charge in [0.05, 0.1) is 0 Å². The van der Waals surface area contributed by atoms with Crippen molar-refractivity contribution in [2.45, 2.75) is 67.7 Å². The quantitative estimate of drug-likeness (QED) is 0.492. The molecule has 4 rings (SSSR count).